The Morgan fingerprint density at radius 3 is 2.38 bits per heavy atom. The van der Waals surface area contributed by atoms with Crippen molar-refractivity contribution >= 4 is 28.4 Å². The molecule has 1 N–H and O–H groups in total. The minimum atomic E-state index is -0.243. The highest BCUT2D eigenvalue weighted by atomic mass is 16.1. The SMILES string of the molecule is CCCN(CCC)c1ncc(C(=O)Nc2cccc3cccnc23)cn1. The van der Waals surface area contributed by atoms with Crippen molar-refractivity contribution in [3.05, 3.63) is 54.5 Å². The van der Waals surface area contributed by atoms with Crippen LogP contribution >= 0.6 is 0 Å². The second-order valence-electron chi connectivity index (χ2n) is 6.09. The minimum absolute atomic E-state index is 0.243. The van der Waals surface area contributed by atoms with Crippen LogP contribution in [0, 0.1) is 0 Å². The summed E-state index contributed by atoms with van der Waals surface area (Å²) in [5.41, 5.74) is 1.86. The molecule has 0 saturated heterocycles. The van der Waals surface area contributed by atoms with Crippen LogP contribution in [0.3, 0.4) is 0 Å². The highest BCUT2D eigenvalue weighted by molar-refractivity contribution is 6.08. The molecule has 0 atom stereocenters. The number of carbonyl (C=O) groups is 1. The summed E-state index contributed by atoms with van der Waals surface area (Å²) in [6.45, 7) is 6.06. The predicted molar refractivity (Wildman–Crippen MR) is 105 cm³/mol. The monoisotopic (exact) mass is 349 g/mol. The van der Waals surface area contributed by atoms with Gasteiger partial charge in [-0.15, -0.1) is 0 Å². The number of pyridine rings is 1. The first kappa shape index (κ1) is 17.8. The molecule has 0 aliphatic rings. The first-order valence-electron chi connectivity index (χ1n) is 8.95. The maximum Gasteiger partial charge on any atom is 0.258 e. The molecule has 0 aliphatic heterocycles. The Morgan fingerprint density at radius 1 is 1.00 bits per heavy atom. The van der Waals surface area contributed by atoms with Crippen LogP contribution < -0.4 is 10.2 Å². The van der Waals surface area contributed by atoms with Crippen LogP contribution in [-0.2, 0) is 0 Å². The van der Waals surface area contributed by atoms with Crippen molar-refractivity contribution in [3.8, 4) is 0 Å². The number of aromatic nitrogens is 3. The van der Waals surface area contributed by atoms with Gasteiger partial charge in [-0.3, -0.25) is 9.78 Å². The average molecular weight is 349 g/mol. The summed E-state index contributed by atoms with van der Waals surface area (Å²) in [5.74, 6) is 0.421. The molecule has 0 fully saturated rings. The van der Waals surface area contributed by atoms with Gasteiger partial charge in [0.1, 0.15) is 0 Å². The van der Waals surface area contributed by atoms with Crippen molar-refractivity contribution in [2.45, 2.75) is 26.7 Å². The number of anilines is 2. The lowest BCUT2D eigenvalue weighted by Crippen LogP contribution is -2.27. The number of fused-ring (bicyclic) bond motifs is 1. The number of para-hydroxylation sites is 1. The summed E-state index contributed by atoms with van der Waals surface area (Å²) >= 11 is 0. The van der Waals surface area contributed by atoms with Crippen molar-refractivity contribution in [3.63, 3.8) is 0 Å². The summed E-state index contributed by atoms with van der Waals surface area (Å²) in [6, 6.07) is 9.54. The molecule has 0 bridgehead atoms. The van der Waals surface area contributed by atoms with Gasteiger partial charge in [-0.25, -0.2) is 9.97 Å². The maximum atomic E-state index is 12.6. The fourth-order valence-electron chi connectivity index (χ4n) is 2.85. The van der Waals surface area contributed by atoms with Gasteiger partial charge < -0.3 is 10.2 Å². The summed E-state index contributed by atoms with van der Waals surface area (Å²) in [6.07, 6.45) is 6.92. The van der Waals surface area contributed by atoms with Crippen LogP contribution in [0.25, 0.3) is 10.9 Å². The molecule has 26 heavy (non-hydrogen) atoms. The molecule has 2 heterocycles. The minimum Gasteiger partial charge on any atom is -0.341 e. The Morgan fingerprint density at radius 2 is 1.69 bits per heavy atom. The molecule has 3 aromatic rings. The zero-order valence-electron chi connectivity index (χ0n) is 15.1. The summed E-state index contributed by atoms with van der Waals surface area (Å²) in [4.78, 5) is 27.8. The van der Waals surface area contributed by atoms with E-state index in [1.54, 1.807) is 18.6 Å². The van der Waals surface area contributed by atoms with Crippen LogP contribution in [0.5, 0.6) is 0 Å². The second-order valence-corrected chi connectivity index (χ2v) is 6.09. The number of hydrogen-bond acceptors (Lipinski definition) is 5. The van der Waals surface area contributed by atoms with Crippen molar-refractivity contribution in [1.82, 2.24) is 15.0 Å². The Hall–Kier alpha value is -3.02. The third-order valence-corrected chi connectivity index (χ3v) is 4.05. The van der Waals surface area contributed by atoms with E-state index in [4.69, 9.17) is 0 Å². The molecule has 3 rings (SSSR count). The van der Waals surface area contributed by atoms with E-state index < -0.39 is 0 Å². The molecule has 0 unspecified atom stereocenters. The van der Waals surface area contributed by atoms with Crippen LogP contribution in [0.1, 0.15) is 37.0 Å². The first-order chi connectivity index (χ1) is 12.7. The van der Waals surface area contributed by atoms with E-state index in [2.05, 4.69) is 39.0 Å². The van der Waals surface area contributed by atoms with Gasteiger partial charge in [0.25, 0.3) is 5.91 Å². The number of hydrogen-bond donors (Lipinski definition) is 1. The predicted octanol–water partition coefficient (Wildman–Crippen LogP) is 3.90. The fraction of sp³-hybridized carbons (Fsp3) is 0.300. The van der Waals surface area contributed by atoms with Crippen LogP contribution in [0.4, 0.5) is 11.6 Å². The second kappa shape index (κ2) is 8.38. The lowest BCUT2D eigenvalue weighted by atomic mass is 10.2. The van der Waals surface area contributed by atoms with Gasteiger partial charge in [-0.1, -0.05) is 32.0 Å². The number of amides is 1. The number of nitrogens with one attached hydrogen (secondary N) is 1. The van der Waals surface area contributed by atoms with Crippen LogP contribution in [0.15, 0.2) is 48.9 Å². The van der Waals surface area contributed by atoms with E-state index >= 15 is 0 Å². The van der Waals surface area contributed by atoms with E-state index in [-0.39, 0.29) is 5.91 Å². The van der Waals surface area contributed by atoms with Crippen molar-refractivity contribution < 1.29 is 4.79 Å². The molecular formula is C20H23N5O. The molecule has 0 spiro atoms. The highest BCUT2D eigenvalue weighted by Gasteiger charge is 2.12. The lowest BCUT2D eigenvalue weighted by molar-refractivity contribution is 0.102. The lowest BCUT2D eigenvalue weighted by Gasteiger charge is -2.21. The molecular weight excluding hydrogens is 326 g/mol. The Balaban J connectivity index is 1.77. The smallest absolute Gasteiger partial charge is 0.258 e. The number of rotatable bonds is 7. The Labute approximate surface area is 153 Å². The summed E-state index contributed by atoms with van der Waals surface area (Å²) < 4.78 is 0. The standard InChI is InChI=1S/C20H23N5O/c1-3-11-25(12-4-2)20-22-13-16(14-23-20)19(26)24-17-9-5-7-15-8-6-10-21-18(15)17/h5-10,13-14H,3-4,11-12H2,1-2H3,(H,24,26). The van der Waals surface area contributed by atoms with E-state index in [9.17, 15) is 4.79 Å². The largest absolute Gasteiger partial charge is 0.341 e. The van der Waals surface area contributed by atoms with E-state index in [1.165, 1.54) is 0 Å². The van der Waals surface area contributed by atoms with E-state index in [1.807, 2.05) is 30.3 Å². The van der Waals surface area contributed by atoms with E-state index in [0.29, 0.717) is 17.2 Å². The molecule has 0 aliphatic carbocycles. The maximum absolute atomic E-state index is 12.6. The molecule has 6 nitrogen and oxygen atoms in total. The molecule has 0 radical (unpaired) electrons. The Kier molecular flexibility index (Phi) is 5.73. The van der Waals surface area contributed by atoms with Crippen molar-refractivity contribution in [1.29, 1.82) is 0 Å². The van der Waals surface area contributed by atoms with Gasteiger partial charge in [0.05, 0.1) is 16.8 Å². The zero-order chi connectivity index (χ0) is 18.4. The van der Waals surface area contributed by atoms with E-state index in [0.717, 1.165) is 36.8 Å². The fourth-order valence-corrected chi connectivity index (χ4v) is 2.85. The molecule has 1 aromatic carbocycles. The van der Waals surface area contributed by atoms with Gasteiger partial charge in [-0.2, -0.15) is 0 Å². The van der Waals surface area contributed by atoms with Crippen LogP contribution in [0.2, 0.25) is 0 Å². The van der Waals surface area contributed by atoms with Crippen molar-refractivity contribution in [2.24, 2.45) is 0 Å². The average Bonchev–Trinajstić information content (AvgIpc) is 2.68. The van der Waals surface area contributed by atoms with Crippen LogP contribution in [-0.4, -0.2) is 33.9 Å². The van der Waals surface area contributed by atoms with Crippen molar-refractivity contribution in [2.75, 3.05) is 23.3 Å². The number of benzene rings is 1. The third kappa shape index (κ3) is 3.96. The first-order valence-corrected chi connectivity index (χ1v) is 8.95. The zero-order valence-corrected chi connectivity index (χ0v) is 15.1. The highest BCUT2D eigenvalue weighted by Crippen LogP contribution is 2.21. The molecule has 2 aromatic heterocycles. The summed E-state index contributed by atoms with van der Waals surface area (Å²) in [7, 11) is 0. The number of nitrogens with zero attached hydrogens (tertiary/aromatic N) is 4. The topological polar surface area (TPSA) is 71.0 Å². The van der Waals surface area contributed by atoms with Gasteiger partial charge >= 0.3 is 0 Å². The molecule has 6 heteroatoms. The molecule has 0 saturated carbocycles. The van der Waals surface area contributed by atoms with Gasteiger partial charge in [0.2, 0.25) is 5.95 Å². The van der Waals surface area contributed by atoms with Gasteiger partial charge in [-0.05, 0) is 25.0 Å². The molecule has 134 valence electrons. The number of carbonyl (C=O) groups excluding carboxylic acids is 1. The quantitative estimate of drug-likeness (QED) is 0.700. The summed E-state index contributed by atoms with van der Waals surface area (Å²) in [5, 5.41) is 3.88. The Bertz CT molecular complexity index is 868. The third-order valence-electron chi connectivity index (χ3n) is 4.05. The van der Waals surface area contributed by atoms with Gasteiger partial charge in [0.15, 0.2) is 0 Å². The molecule has 1 amide bonds. The normalized spacial score (nSPS) is 10.7. The van der Waals surface area contributed by atoms with Gasteiger partial charge in [0, 0.05) is 37.1 Å².